The van der Waals surface area contributed by atoms with Crippen molar-refractivity contribution in [3.05, 3.63) is 33.7 Å². The standard InChI is InChI=1S/C23H29ClN4O3/c24-18-7-8-19-20(13-18)28(23(31)25-19)14-15-1-3-16(4-2-15)21(29)26-9-11-27(12-10-26)22(30)17-5-6-17/h7-8,13,15-17H,1-6,9-12,14H2,(H,25,31). The summed E-state index contributed by atoms with van der Waals surface area (Å²) < 4.78 is 1.78. The number of benzene rings is 1. The number of hydrogen-bond acceptors (Lipinski definition) is 3. The number of carbonyl (C=O) groups excluding carboxylic acids is 2. The van der Waals surface area contributed by atoms with Crippen LogP contribution in [0.1, 0.15) is 38.5 Å². The van der Waals surface area contributed by atoms with Crippen LogP contribution in [0.25, 0.3) is 11.0 Å². The van der Waals surface area contributed by atoms with Gasteiger partial charge in [-0.25, -0.2) is 4.79 Å². The average molecular weight is 445 g/mol. The fourth-order valence-electron chi connectivity index (χ4n) is 5.15. The minimum absolute atomic E-state index is 0.0658. The van der Waals surface area contributed by atoms with Gasteiger partial charge in [-0.15, -0.1) is 0 Å². The molecule has 2 amide bonds. The second kappa shape index (κ2) is 8.34. The Morgan fingerprint density at radius 1 is 0.903 bits per heavy atom. The van der Waals surface area contributed by atoms with E-state index in [0.717, 1.165) is 49.6 Å². The number of amides is 2. The Kier molecular flexibility index (Phi) is 5.54. The number of fused-ring (bicyclic) bond motifs is 1. The number of nitrogens with zero attached hydrogens (tertiary/aromatic N) is 3. The molecule has 3 aliphatic rings. The highest BCUT2D eigenvalue weighted by Crippen LogP contribution is 2.33. The van der Waals surface area contributed by atoms with Gasteiger partial charge in [-0.05, 0) is 62.6 Å². The molecule has 2 aliphatic carbocycles. The van der Waals surface area contributed by atoms with Gasteiger partial charge in [0.1, 0.15) is 0 Å². The first-order chi connectivity index (χ1) is 15.0. The summed E-state index contributed by atoms with van der Waals surface area (Å²) in [7, 11) is 0. The third-order valence-corrected chi connectivity index (χ3v) is 7.44. The van der Waals surface area contributed by atoms with Gasteiger partial charge in [0.25, 0.3) is 0 Å². The fourth-order valence-corrected chi connectivity index (χ4v) is 5.32. The molecule has 0 spiro atoms. The van der Waals surface area contributed by atoms with Gasteiger partial charge in [-0.2, -0.15) is 0 Å². The lowest BCUT2D eigenvalue weighted by Crippen LogP contribution is -2.52. The summed E-state index contributed by atoms with van der Waals surface area (Å²) in [5.74, 6) is 1.22. The van der Waals surface area contributed by atoms with Crippen molar-refractivity contribution in [3.8, 4) is 0 Å². The Labute approximate surface area is 186 Å². The third kappa shape index (κ3) is 4.25. The normalized spacial score (nSPS) is 24.5. The number of piperazine rings is 1. The highest BCUT2D eigenvalue weighted by molar-refractivity contribution is 6.31. The number of imidazole rings is 1. The molecule has 2 heterocycles. The quantitative estimate of drug-likeness (QED) is 0.787. The lowest BCUT2D eigenvalue weighted by Gasteiger charge is -2.38. The highest BCUT2D eigenvalue weighted by atomic mass is 35.5. The summed E-state index contributed by atoms with van der Waals surface area (Å²) in [4.78, 5) is 44.4. The lowest BCUT2D eigenvalue weighted by atomic mass is 9.81. The zero-order valence-electron chi connectivity index (χ0n) is 17.7. The summed E-state index contributed by atoms with van der Waals surface area (Å²) in [6.07, 6.45) is 5.66. The van der Waals surface area contributed by atoms with Gasteiger partial charge in [0.05, 0.1) is 11.0 Å². The summed E-state index contributed by atoms with van der Waals surface area (Å²) in [5.41, 5.74) is 1.54. The predicted octanol–water partition coefficient (Wildman–Crippen LogP) is 2.87. The molecular formula is C23H29ClN4O3. The molecule has 1 aromatic heterocycles. The zero-order valence-corrected chi connectivity index (χ0v) is 18.4. The fraction of sp³-hybridized carbons (Fsp3) is 0.609. The Morgan fingerprint density at radius 2 is 1.45 bits per heavy atom. The molecule has 1 N–H and O–H groups in total. The zero-order chi connectivity index (χ0) is 21.5. The van der Waals surface area contributed by atoms with Crippen molar-refractivity contribution in [2.45, 2.75) is 45.1 Å². The Balaban J connectivity index is 1.14. The van der Waals surface area contributed by atoms with E-state index in [9.17, 15) is 14.4 Å². The smallest absolute Gasteiger partial charge is 0.326 e. The van der Waals surface area contributed by atoms with Crippen LogP contribution in [0.4, 0.5) is 0 Å². The Morgan fingerprint density at radius 3 is 2.00 bits per heavy atom. The molecule has 5 rings (SSSR count). The summed E-state index contributed by atoms with van der Waals surface area (Å²) in [6, 6.07) is 5.45. The lowest BCUT2D eigenvalue weighted by molar-refractivity contribution is -0.143. The van der Waals surface area contributed by atoms with Crippen LogP contribution >= 0.6 is 11.6 Å². The number of aromatic nitrogens is 2. The maximum Gasteiger partial charge on any atom is 0.326 e. The highest BCUT2D eigenvalue weighted by Gasteiger charge is 2.36. The van der Waals surface area contributed by atoms with E-state index < -0.39 is 0 Å². The van der Waals surface area contributed by atoms with Crippen LogP contribution in [-0.4, -0.2) is 57.3 Å². The van der Waals surface area contributed by atoms with Crippen LogP contribution in [0, 0.1) is 17.8 Å². The van der Waals surface area contributed by atoms with E-state index in [0.29, 0.717) is 43.7 Å². The van der Waals surface area contributed by atoms with Crippen LogP contribution in [0.2, 0.25) is 5.02 Å². The van der Waals surface area contributed by atoms with Crippen molar-refractivity contribution in [3.63, 3.8) is 0 Å². The van der Waals surface area contributed by atoms with Gasteiger partial charge >= 0.3 is 5.69 Å². The molecule has 7 nitrogen and oxygen atoms in total. The molecule has 3 fully saturated rings. The molecule has 8 heteroatoms. The maximum atomic E-state index is 13.0. The van der Waals surface area contributed by atoms with E-state index in [1.54, 1.807) is 10.6 Å². The number of halogens is 1. The van der Waals surface area contributed by atoms with Crippen LogP contribution < -0.4 is 5.69 Å². The molecule has 1 aliphatic heterocycles. The summed E-state index contributed by atoms with van der Waals surface area (Å²) >= 11 is 6.12. The van der Waals surface area contributed by atoms with Gasteiger partial charge in [0.15, 0.2) is 0 Å². The average Bonchev–Trinajstić information content (AvgIpc) is 3.59. The SMILES string of the molecule is O=C(C1CCC(Cn2c(=O)[nH]c3ccc(Cl)cc32)CC1)N1CCN(C(=O)C2CC2)CC1. The summed E-state index contributed by atoms with van der Waals surface area (Å²) in [5, 5.41) is 0.619. The number of H-pyrrole nitrogens is 1. The second-order valence-corrected chi connectivity index (χ2v) is 9.78. The number of hydrogen-bond donors (Lipinski definition) is 1. The van der Waals surface area contributed by atoms with Crippen molar-refractivity contribution in [1.29, 1.82) is 0 Å². The first kappa shape index (κ1) is 20.6. The van der Waals surface area contributed by atoms with Crippen molar-refractivity contribution in [1.82, 2.24) is 19.4 Å². The first-order valence-electron chi connectivity index (χ1n) is 11.5. The summed E-state index contributed by atoms with van der Waals surface area (Å²) in [6.45, 7) is 3.30. The van der Waals surface area contributed by atoms with E-state index >= 15 is 0 Å². The van der Waals surface area contributed by atoms with Crippen LogP contribution in [0.3, 0.4) is 0 Å². The van der Waals surface area contributed by atoms with Gasteiger partial charge in [-0.3, -0.25) is 14.2 Å². The van der Waals surface area contributed by atoms with E-state index in [1.807, 2.05) is 21.9 Å². The minimum Gasteiger partial charge on any atom is -0.339 e. The molecule has 166 valence electrons. The molecule has 0 unspecified atom stereocenters. The van der Waals surface area contributed by atoms with Crippen molar-refractivity contribution in [2.24, 2.45) is 17.8 Å². The Hall–Kier alpha value is -2.28. The molecule has 2 saturated carbocycles. The maximum absolute atomic E-state index is 13.0. The van der Waals surface area contributed by atoms with Crippen molar-refractivity contribution < 1.29 is 9.59 Å². The molecule has 0 atom stereocenters. The van der Waals surface area contributed by atoms with Crippen LogP contribution in [0.15, 0.2) is 23.0 Å². The molecule has 0 bridgehead atoms. The monoisotopic (exact) mass is 444 g/mol. The number of aromatic amines is 1. The third-order valence-electron chi connectivity index (χ3n) is 7.20. The van der Waals surface area contributed by atoms with E-state index in [2.05, 4.69) is 4.98 Å². The Bertz CT molecular complexity index is 1040. The molecule has 31 heavy (non-hydrogen) atoms. The topological polar surface area (TPSA) is 78.4 Å². The van der Waals surface area contributed by atoms with Gasteiger partial charge in [0.2, 0.25) is 11.8 Å². The predicted molar refractivity (Wildman–Crippen MR) is 119 cm³/mol. The molecule has 1 aromatic carbocycles. The van der Waals surface area contributed by atoms with E-state index in [-0.39, 0.29) is 29.3 Å². The van der Waals surface area contributed by atoms with Crippen LogP contribution in [0.5, 0.6) is 0 Å². The largest absolute Gasteiger partial charge is 0.339 e. The number of carbonyl (C=O) groups is 2. The minimum atomic E-state index is -0.103. The van der Waals surface area contributed by atoms with Crippen LogP contribution in [-0.2, 0) is 16.1 Å². The molecule has 1 saturated heterocycles. The van der Waals surface area contributed by atoms with Gasteiger partial charge in [0, 0.05) is 49.6 Å². The number of rotatable bonds is 4. The molecule has 2 aromatic rings. The second-order valence-electron chi connectivity index (χ2n) is 9.34. The van der Waals surface area contributed by atoms with E-state index in [4.69, 9.17) is 11.6 Å². The first-order valence-corrected chi connectivity index (χ1v) is 11.8. The molecular weight excluding hydrogens is 416 g/mol. The molecule has 0 radical (unpaired) electrons. The van der Waals surface area contributed by atoms with Gasteiger partial charge in [-0.1, -0.05) is 11.6 Å². The van der Waals surface area contributed by atoms with Crippen molar-refractivity contribution >= 4 is 34.4 Å². The van der Waals surface area contributed by atoms with Crippen molar-refractivity contribution in [2.75, 3.05) is 26.2 Å². The number of nitrogens with one attached hydrogen (secondary N) is 1. The van der Waals surface area contributed by atoms with Gasteiger partial charge < -0.3 is 14.8 Å². The van der Waals surface area contributed by atoms with E-state index in [1.165, 1.54) is 0 Å².